The molecular weight excluding hydrogens is 206 g/mol. The van der Waals surface area contributed by atoms with Crippen LogP contribution in [0.1, 0.15) is 17.9 Å². The first kappa shape index (κ1) is 11.1. The molecule has 88 valence electrons. The van der Waals surface area contributed by atoms with E-state index in [0.717, 1.165) is 29.2 Å². The highest BCUT2D eigenvalue weighted by atomic mass is 16.5. The molecule has 1 aliphatic carbocycles. The van der Waals surface area contributed by atoms with E-state index in [4.69, 9.17) is 19.9 Å². The molecule has 0 radical (unpaired) electrons. The topological polar surface area (TPSA) is 53.7 Å². The zero-order valence-corrected chi connectivity index (χ0v) is 9.82. The van der Waals surface area contributed by atoms with Crippen molar-refractivity contribution in [1.29, 1.82) is 0 Å². The maximum atomic E-state index is 5.87. The van der Waals surface area contributed by atoms with Crippen molar-refractivity contribution in [3.05, 3.63) is 17.7 Å². The fourth-order valence-corrected chi connectivity index (χ4v) is 1.94. The molecule has 1 saturated carbocycles. The normalized spacial score (nSPS) is 22.8. The lowest BCUT2D eigenvalue weighted by molar-refractivity contribution is 0.368. The molecule has 2 atom stereocenters. The molecule has 1 aromatic rings. The third-order valence-corrected chi connectivity index (χ3v) is 2.96. The van der Waals surface area contributed by atoms with Crippen LogP contribution in [0.15, 0.2) is 12.1 Å². The van der Waals surface area contributed by atoms with Gasteiger partial charge in [0.15, 0.2) is 0 Å². The zero-order chi connectivity index (χ0) is 11.7. The van der Waals surface area contributed by atoms with Crippen LogP contribution in [-0.4, -0.2) is 27.4 Å². The molecule has 16 heavy (non-hydrogen) atoms. The van der Waals surface area contributed by atoms with Crippen molar-refractivity contribution in [3.8, 4) is 17.2 Å². The smallest absolute Gasteiger partial charge is 0.129 e. The molecule has 0 aliphatic heterocycles. The minimum Gasteiger partial charge on any atom is -0.496 e. The fraction of sp³-hybridized carbons (Fsp3) is 0.500. The standard InChI is InChI=1S/C12H17NO3/c1-14-7-4-10(15-2)12(8-6-9(8)13)11(5-7)16-3/h4-5,8-9H,6,13H2,1-3H3/t8-,9-/m0/s1. The molecular formula is C12H17NO3. The summed E-state index contributed by atoms with van der Waals surface area (Å²) in [5.74, 6) is 2.64. The maximum absolute atomic E-state index is 5.87. The molecule has 0 heterocycles. The van der Waals surface area contributed by atoms with Crippen LogP contribution in [0.2, 0.25) is 0 Å². The first-order chi connectivity index (χ1) is 7.71. The van der Waals surface area contributed by atoms with Crippen molar-refractivity contribution < 1.29 is 14.2 Å². The van der Waals surface area contributed by atoms with Gasteiger partial charge in [-0.25, -0.2) is 0 Å². The van der Waals surface area contributed by atoms with E-state index in [9.17, 15) is 0 Å². The second kappa shape index (κ2) is 4.22. The molecule has 1 aromatic carbocycles. The van der Waals surface area contributed by atoms with Gasteiger partial charge in [-0.05, 0) is 6.42 Å². The summed E-state index contributed by atoms with van der Waals surface area (Å²) in [6.45, 7) is 0. The number of nitrogens with two attached hydrogens (primary N) is 1. The second-order valence-corrected chi connectivity index (χ2v) is 3.95. The van der Waals surface area contributed by atoms with Crippen molar-refractivity contribution in [3.63, 3.8) is 0 Å². The third-order valence-electron chi connectivity index (χ3n) is 2.96. The summed E-state index contributed by atoms with van der Waals surface area (Å²) in [6, 6.07) is 3.95. The summed E-state index contributed by atoms with van der Waals surface area (Å²) < 4.78 is 15.9. The summed E-state index contributed by atoms with van der Waals surface area (Å²) in [7, 11) is 4.91. The van der Waals surface area contributed by atoms with E-state index >= 15 is 0 Å². The van der Waals surface area contributed by atoms with Crippen LogP contribution in [0.5, 0.6) is 17.2 Å². The molecule has 2 rings (SSSR count). The van der Waals surface area contributed by atoms with Crippen LogP contribution >= 0.6 is 0 Å². The number of ether oxygens (including phenoxy) is 3. The molecule has 0 aromatic heterocycles. The quantitative estimate of drug-likeness (QED) is 0.841. The molecule has 0 saturated heterocycles. The van der Waals surface area contributed by atoms with Crippen molar-refractivity contribution in [2.75, 3.05) is 21.3 Å². The monoisotopic (exact) mass is 223 g/mol. The van der Waals surface area contributed by atoms with Crippen molar-refractivity contribution >= 4 is 0 Å². The Bertz CT molecular complexity index is 367. The van der Waals surface area contributed by atoms with Crippen molar-refractivity contribution in [2.45, 2.75) is 18.4 Å². The van der Waals surface area contributed by atoms with E-state index in [1.807, 2.05) is 12.1 Å². The third kappa shape index (κ3) is 1.80. The lowest BCUT2D eigenvalue weighted by atomic mass is 10.1. The second-order valence-electron chi connectivity index (χ2n) is 3.95. The first-order valence-corrected chi connectivity index (χ1v) is 5.26. The zero-order valence-electron chi connectivity index (χ0n) is 9.82. The van der Waals surface area contributed by atoms with Gasteiger partial charge in [-0.1, -0.05) is 0 Å². The first-order valence-electron chi connectivity index (χ1n) is 5.26. The van der Waals surface area contributed by atoms with Crippen LogP contribution in [0.3, 0.4) is 0 Å². The highest BCUT2D eigenvalue weighted by Gasteiger charge is 2.39. The Hall–Kier alpha value is -1.42. The number of hydrogen-bond donors (Lipinski definition) is 1. The van der Waals surface area contributed by atoms with Crippen LogP contribution in [0, 0.1) is 0 Å². The molecule has 1 aliphatic rings. The van der Waals surface area contributed by atoms with Gasteiger partial charge in [-0.3, -0.25) is 0 Å². The van der Waals surface area contributed by atoms with Gasteiger partial charge < -0.3 is 19.9 Å². The molecule has 1 fully saturated rings. The van der Waals surface area contributed by atoms with E-state index in [1.165, 1.54) is 0 Å². The van der Waals surface area contributed by atoms with Gasteiger partial charge in [0, 0.05) is 29.7 Å². The van der Waals surface area contributed by atoms with Gasteiger partial charge in [0.25, 0.3) is 0 Å². The number of hydrogen-bond acceptors (Lipinski definition) is 4. The van der Waals surface area contributed by atoms with Gasteiger partial charge in [0.05, 0.1) is 21.3 Å². The average molecular weight is 223 g/mol. The Balaban J connectivity index is 2.46. The Morgan fingerprint density at radius 1 is 1.06 bits per heavy atom. The Morgan fingerprint density at radius 2 is 1.56 bits per heavy atom. The Labute approximate surface area is 95.3 Å². The molecule has 0 amide bonds. The van der Waals surface area contributed by atoms with Crippen LogP contribution in [0.4, 0.5) is 0 Å². The minimum atomic E-state index is 0.219. The SMILES string of the molecule is COc1cc(OC)c([C@H]2C[C@@H]2N)c(OC)c1. The van der Waals surface area contributed by atoms with E-state index < -0.39 is 0 Å². The Kier molecular flexibility index (Phi) is 2.92. The average Bonchev–Trinajstić information content (AvgIpc) is 3.03. The predicted octanol–water partition coefficient (Wildman–Crippen LogP) is 1.53. The molecule has 0 spiro atoms. The van der Waals surface area contributed by atoms with Gasteiger partial charge in [0.1, 0.15) is 17.2 Å². The van der Waals surface area contributed by atoms with Gasteiger partial charge >= 0.3 is 0 Å². The maximum Gasteiger partial charge on any atom is 0.129 e. The number of rotatable bonds is 4. The van der Waals surface area contributed by atoms with E-state index in [-0.39, 0.29) is 6.04 Å². The molecule has 4 nitrogen and oxygen atoms in total. The highest BCUT2D eigenvalue weighted by Crippen LogP contribution is 2.49. The molecule has 4 heteroatoms. The van der Waals surface area contributed by atoms with Crippen LogP contribution in [-0.2, 0) is 0 Å². The lowest BCUT2D eigenvalue weighted by Crippen LogP contribution is -2.04. The van der Waals surface area contributed by atoms with Crippen LogP contribution in [0.25, 0.3) is 0 Å². The summed E-state index contributed by atoms with van der Waals surface area (Å²) >= 11 is 0. The molecule has 2 N–H and O–H groups in total. The summed E-state index contributed by atoms with van der Waals surface area (Å²) in [4.78, 5) is 0. The van der Waals surface area contributed by atoms with Gasteiger partial charge in [-0.15, -0.1) is 0 Å². The van der Waals surface area contributed by atoms with Gasteiger partial charge in [0.2, 0.25) is 0 Å². The predicted molar refractivity (Wildman–Crippen MR) is 61.4 cm³/mol. The summed E-state index contributed by atoms with van der Waals surface area (Å²) in [5.41, 5.74) is 6.93. The number of benzene rings is 1. The summed E-state index contributed by atoms with van der Waals surface area (Å²) in [6.07, 6.45) is 0.985. The van der Waals surface area contributed by atoms with E-state index in [0.29, 0.717) is 5.92 Å². The van der Waals surface area contributed by atoms with Crippen LogP contribution < -0.4 is 19.9 Å². The van der Waals surface area contributed by atoms with Crippen molar-refractivity contribution in [1.82, 2.24) is 0 Å². The summed E-state index contributed by atoms with van der Waals surface area (Å²) in [5, 5.41) is 0. The van der Waals surface area contributed by atoms with E-state index in [1.54, 1.807) is 21.3 Å². The number of methoxy groups -OCH3 is 3. The highest BCUT2D eigenvalue weighted by molar-refractivity contribution is 5.54. The minimum absolute atomic E-state index is 0.219. The fourth-order valence-electron chi connectivity index (χ4n) is 1.94. The van der Waals surface area contributed by atoms with Gasteiger partial charge in [-0.2, -0.15) is 0 Å². The van der Waals surface area contributed by atoms with E-state index in [2.05, 4.69) is 0 Å². The Morgan fingerprint density at radius 3 is 1.88 bits per heavy atom. The van der Waals surface area contributed by atoms with Crippen molar-refractivity contribution in [2.24, 2.45) is 5.73 Å². The molecule has 0 bridgehead atoms. The lowest BCUT2D eigenvalue weighted by Gasteiger charge is -2.14. The molecule has 0 unspecified atom stereocenters. The largest absolute Gasteiger partial charge is 0.496 e.